The Labute approximate surface area is 283 Å². The van der Waals surface area contributed by atoms with Gasteiger partial charge in [-0.2, -0.15) is 0 Å². The Morgan fingerprint density at radius 2 is 0.543 bits per heavy atom. The van der Waals surface area contributed by atoms with Crippen LogP contribution in [0.2, 0.25) is 0 Å². The zero-order valence-corrected chi connectivity index (χ0v) is 41.0. The van der Waals surface area contributed by atoms with Gasteiger partial charge in [-0.15, -0.1) is 0 Å². The van der Waals surface area contributed by atoms with Crippen molar-refractivity contribution in [1.29, 1.82) is 0 Å². The van der Waals surface area contributed by atoms with E-state index in [0.29, 0.717) is 45.3 Å². The van der Waals surface area contributed by atoms with E-state index in [9.17, 15) is 0 Å². The summed E-state index contributed by atoms with van der Waals surface area (Å²) in [5.74, 6) is -2.58. The van der Waals surface area contributed by atoms with Crippen molar-refractivity contribution in [2.45, 2.75) is 156 Å². The van der Waals surface area contributed by atoms with E-state index >= 15 is 0 Å². The van der Waals surface area contributed by atoms with Crippen molar-refractivity contribution in [2.24, 2.45) is 9.03 Å². The van der Waals surface area contributed by atoms with Crippen LogP contribution in [0.5, 0.6) is 0 Å². The fraction of sp³-hybridized carbons (Fsp3) is 1.00. The van der Waals surface area contributed by atoms with Crippen molar-refractivity contribution in [3.63, 3.8) is 0 Å². The molecule has 0 N–H and O–H groups in total. The van der Waals surface area contributed by atoms with Crippen LogP contribution in [0.3, 0.4) is 0 Å². The number of rotatable bonds is 10. The Morgan fingerprint density at radius 3 is 0.629 bits per heavy atom. The summed E-state index contributed by atoms with van der Waals surface area (Å²) < 4.78 is 8.64. The van der Waals surface area contributed by atoms with Crippen LogP contribution < -0.4 is 0 Å². The van der Waals surface area contributed by atoms with Gasteiger partial charge in [-0.05, 0) is 0 Å². The zero-order valence-electron chi connectivity index (χ0n) is 25.4. The molecule has 0 aromatic heterocycles. The van der Waals surface area contributed by atoms with Crippen LogP contribution in [-0.2, 0) is 0 Å². The van der Waals surface area contributed by atoms with E-state index in [2.05, 4.69) is 184 Å². The molecule has 0 rings (SSSR count). The quantitative estimate of drug-likeness (QED) is 0.154. The monoisotopic (exact) mass is 1120 g/mol. The van der Waals surface area contributed by atoms with Crippen LogP contribution >= 0.6 is 20.8 Å². The average Bonchev–Trinajstić information content (AvgIpc) is 2.66. The molecule has 2 nitrogen and oxygen atoms in total. The largest absolute Gasteiger partial charge is 2.00 e. The van der Waals surface area contributed by atoms with Crippen LogP contribution in [0, 0.1) is 0 Å². The van der Waals surface area contributed by atoms with Crippen LogP contribution in [-0.4, -0.2) is 146 Å². The van der Waals surface area contributed by atoms with E-state index in [1.807, 2.05) is 0 Å². The summed E-state index contributed by atoms with van der Waals surface area (Å²) in [6.45, 7) is 37.5. The minimum Gasteiger partial charge on any atom is 2.00 e. The minimum absolute atomic E-state index is 0. The molecule has 0 aromatic carbocycles. The number of nitrogens with zero attached hydrogens (tertiary/aromatic N) is 2. The maximum atomic E-state index is 5.51. The summed E-state index contributed by atoms with van der Waals surface area (Å²) in [4.78, 5) is 0. The van der Waals surface area contributed by atoms with Gasteiger partial charge in [0.1, 0.15) is 0 Å². The minimum atomic E-state index is -1.29. The van der Waals surface area contributed by atoms with Crippen molar-refractivity contribution in [1.82, 2.24) is 0 Å². The first-order valence-electron chi connectivity index (χ1n) is 12.8. The molecule has 0 amide bonds. The average molecular weight is 1120 g/mol. The Kier molecular flexibility index (Phi) is 23.4. The third-order valence-corrected chi connectivity index (χ3v) is 54.4. The van der Waals surface area contributed by atoms with E-state index in [4.69, 9.17) is 9.03 Å². The van der Waals surface area contributed by atoms with Gasteiger partial charge in [0.25, 0.3) is 0 Å². The topological polar surface area (TPSA) is 24.7 Å². The molecule has 0 bridgehead atoms. The molecule has 0 heterocycles. The third kappa shape index (κ3) is 12.6. The van der Waals surface area contributed by atoms with Crippen molar-refractivity contribution in [2.75, 3.05) is 0 Å². The van der Waals surface area contributed by atoms with Gasteiger partial charge in [0.15, 0.2) is 0 Å². The van der Waals surface area contributed by atoms with Gasteiger partial charge in [0, 0.05) is 0 Å². The molecule has 0 unspecified atom stereocenters. The molecule has 0 aliphatic rings. The summed E-state index contributed by atoms with van der Waals surface area (Å²) in [5, 5.41) is 0. The van der Waals surface area contributed by atoms with Crippen LogP contribution in [0.4, 0.5) is 0 Å². The van der Waals surface area contributed by atoms with Gasteiger partial charge in [-0.3, -0.25) is 0 Å². The van der Waals surface area contributed by atoms with Crippen LogP contribution in [0.1, 0.15) is 111 Å². The van der Waals surface area contributed by atoms with E-state index in [1.54, 1.807) is 0 Å². The molecule has 0 spiro atoms. The Morgan fingerprint density at radius 1 is 0.400 bits per heavy atom. The Hall–Kier alpha value is 4.86. The van der Waals surface area contributed by atoms with Crippen LogP contribution in [0.25, 0.3) is 0 Å². The fourth-order valence-corrected chi connectivity index (χ4v) is 35.1. The predicted molar refractivity (Wildman–Crippen MR) is 182 cm³/mol. The molecule has 0 saturated heterocycles. The fourth-order valence-electron chi connectivity index (χ4n) is 3.65. The molecule has 0 aliphatic heterocycles. The first kappa shape index (κ1) is 44.3. The first-order valence-corrected chi connectivity index (χ1v) is 30.9. The van der Waals surface area contributed by atoms with E-state index in [0.717, 1.165) is 0 Å². The number of hydrogen-bond acceptors (Lipinski definition) is 2. The van der Waals surface area contributed by atoms with E-state index < -0.39 is 20.8 Å². The summed E-state index contributed by atoms with van der Waals surface area (Å²) in [7, 11) is 0. The van der Waals surface area contributed by atoms with Gasteiger partial charge < -0.3 is 0 Å². The number of hydrogen-bond donors (Lipinski definition) is 0. The molecule has 210 valence electrons. The first-order chi connectivity index (χ1) is 15.0. The van der Waals surface area contributed by atoms with Crippen LogP contribution in [0.15, 0.2) is 9.03 Å². The Bertz CT molecular complexity index is 723. The molecular formula is C24H56N2P4PbSe2Te2. The summed E-state index contributed by atoms with van der Waals surface area (Å²) in [6.07, 6.45) is 0. The van der Waals surface area contributed by atoms with Gasteiger partial charge in [-0.1, -0.05) is 0 Å². The summed E-state index contributed by atoms with van der Waals surface area (Å²) in [6, 6.07) is 0. The van der Waals surface area contributed by atoms with Crippen molar-refractivity contribution < 1.29 is 0 Å². The third-order valence-electron chi connectivity index (χ3n) is 6.48. The second-order valence-corrected chi connectivity index (χ2v) is 44.1. The Balaban J connectivity index is -0.000000569. The molecule has 0 aromatic rings. The van der Waals surface area contributed by atoms with Gasteiger partial charge in [0.05, 0.1) is 0 Å². The molecule has 0 aliphatic carbocycles. The molecule has 11 heteroatoms. The normalized spacial score (nSPS) is 13.8. The molecule has 35 heavy (non-hydrogen) atoms. The van der Waals surface area contributed by atoms with Crippen molar-refractivity contribution in [3.05, 3.63) is 0 Å². The SMILES string of the molecule is CC(C)P(=[Te])(N=P([Se-])(C(C)C)C(C)C)C(C)C.CC(C)P(=[Te])(N=P([Se-])(C(C)C)C(C)C)C(C)C.[Pb+2]. The molecule has 0 atom stereocenters. The molecule has 2 radical (unpaired) electrons. The smallest absolute Gasteiger partial charge is 2.00 e. The molecule has 0 fully saturated rings. The van der Waals surface area contributed by atoms with Gasteiger partial charge >= 0.3 is 287 Å². The zero-order chi connectivity index (χ0) is 28.0. The van der Waals surface area contributed by atoms with Gasteiger partial charge in [0.2, 0.25) is 0 Å². The second-order valence-electron chi connectivity index (χ2n) is 11.6. The van der Waals surface area contributed by atoms with Crippen molar-refractivity contribution >= 4 is 122 Å². The summed E-state index contributed by atoms with van der Waals surface area (Å²) >= 11 is 11.8. The predicted octanol–water partition coefficient (Wildman–Crippen LogP) is 9.46. The molecular weight excluding hydrogens is 1060 g/mol. The van der Waals surface area contributed by atoms with Crippen molar-refractivity contribution in [3.8, 4) is 0 Å². The van der Waals surface area contributed by atoms with E-state index in [-0.39, 0.29) is 27.3 Å². The maximum Gasteiger partial charge on any atom is 2.00 e. The maximum absolute atomic E-state index is 5.51. The van der Waals surface area contributed by atoms with E-state index in [1.165, 1.54) is 0 Å². The standard InChI is InChI=1S/2C12H28NP2SeTe.Pb/c2*1-9(2)14(16,10(3)4)13-15(17,11(5)6)12(7)8;/h2*9-12H,1-8H3;/q2*-1;+2. The van der Waals surface area contributed by atoms with Gasteiger partial charge in [-0.25, -0.2) is 0 Å². The second kappa shape index (κ2) is 18.5. The summed E-state index contributed by atoms with van der Waals surface area (Å²) in [5.41, 5.74) is 5.49. The molecule has 0 saturated carbocycles.